The summed E-state index contributed by atoms with van der Waals surface area (Å²) in [5.74, 6) is 0.612. The Bertz CT molecular complexity index is 1660. The number of pyridine rings is 1. The summed E-state index contributed by atoms with van der Waals surface area (Å²) >= 11 is 0. The largest absolute Gasteiger partial charge is 0.378 e. The number of ether oxygens (including phenoxy) is 1. The molecule has 2 aromatic carbocycles. The molecule has 4 heterocycles. The minimum absolute atomic E-state index is 0.170. The number of halogens is 1. The van der Waals surface area contributed by atoms with Crippen molar-refractivity contribution in [1.29, 1.82) is 0 Å². The minimum atomic E-state index is -0.398. The van der Waals surface area contributed by atoms with E-state index in [1.807, 2.05) is 24.3 Å². The van der Waals surface area contributed by atoms with Crippen LogP contribution in [0.2, 0.25) is 0 Å². The van der Waals surface area contributed by atoms with E-state index in [1.165, 1.54) is 24.3 Å². The number of anilines is 3. The van der Waals surface area contributed by atoms with Gasteiger partial charge >= 0.3 is 0 Å². The maximum atomic E-state index is 13.2. The summed E-state index contributed by atoms with van der Waals surface area (Å²) < 4.78 is 18.8. The lowest BCUT2D eigenvalue weighted by molar-refractivity contribution is 0.102. The molecular weight excluding hydrogens is 499 g/mol. The second-order valence-electron chi connectivity index (χ2n) is 8.93. The van der Waals surface area contributed by atoms with E-state index in [9.17, 15) is 9.18 Å². The van der Waals surface area contributed by atoms with Crippen LogP contribution in [0.5, 0.6) is 0 Å². The van der Waals surface area contributed by atoms with Crippen molar-refractivity contribution in [3.05, 3.63) is 84.6 Å². The van der Waals surface area contributed by atoms with Crippen LogP contribution in [0.1, 0.15) is 10.4 Å². The molecule has 1 aliphatic heterocycles. The van der Waals surface area contributed by atoms with Crippen LogP contribution in [0.25, 0.3) is 33.5 Å². The highest BCUT2D eigenvalue weighted by molar-refractivity contribution is 6.04. The Labute approximate surface area is 222 Å². The lowest BCUT2D eigenvalue weighted by Crippen LogP contribution is -2.37. The van der Waals surface area contributed by atoms with Gasteiger partial charge in [-0.2, -0.15) is 0 Å². The Kier molecular flexibility index (Phi) is 6.47. The molecule has 3 N–H and O–H groups in total. The number of nitrogens with one attached hydrogen (secondary N) is 1. The lowest BCUT2D eigenvalue weighted by atomic mass is 10.1. The molecule has 0 unspecified atom stereocenters. The van der Waals surface area contributed by atoms with Gasteiger partial charge in [-0.3, -0.25) is 9.78 Å². The van der Waals surface area contributed by atoms with Crippen LogP contribution >= 0.6 is 0 Å². The number of aromatic nitrogens is 5. The third kappa shape index (κ3) is 5.20. The Morgan fingerprint density at radius 2 is 1.64 bits per heavy atom. The van der Waals surface area contributed by atoms with Gasteiger partial charge in [0, 0.05) is 48.5 Å². The third-order valence-corrected chi connectivity index (χ3v) is 6.32. The Morgan fingerprint density at radius 3 is 2.41 bits per heavy atom. The molecule has 0 spiro atoms. The number of hydrogen-bond donors (Lipinski definition) is 2. The van der Waals surface area contributed by atoms with Crippen LogP contribution in [0, 0.1) is 5.82 Å². The summed E-state index contributed by atoms with van der Waals surface area (Å²) in [6, 6.07) is 14.7. The molecule has 3 aromatic heterocycles. The molecule has 5 aromatic rings. The molecule has 1 aliphatic rings. The van der Waals surface area contributed by atoms with Crippen LogP contribution < -0.4 is 16.0 Å². The van der Waals surface area contributed by atoms with E-state index in [-0.39, 0.29) is 11.9 Å². The highest BCUT2D eigenvalue weighted by Crippen LogP contribution is 2.30. The summed E-state index contributed by atoms with van der Waals surface area (Å²) in [6.07, 6.45) is 4.96. The van der Waals surface area contributed by atoms with E-state index < -0.39 is 5.82 Å². The molecule has 11 heteroatoms. The Hall–Kier alpha value is -5.03. The van der Waals surface area contributed by atoms with Gasteiger partial charge in [-0.25, -0.2) is 24.3 Å². The molecule has 6 rings (SSSR count). The SMILES string of the molecule is Nc1ncc(-c2nc(N3CCOCC3)c3ncc(-c4cccc(NC(=O)c5ccc(F)cc5)c4)cc3n2)cn1. The molecule has 1 fully saturated rings. The van der Waals surface area contributed by atoms with Crippen LogP contribution in [-0.2, 0) is 4.74 Å². The van der Waals surface area contributed by atoms with Crippen LogP contribution in [0.15, 0.2) is 73.2 Å². The fraction of sp³-hybridized carbons (Fsp3) is 0.143. The summed E-state index contributed by atoms with van der Waals surface area (Å²) in [6.45, 7) is 2.56. The second-order valence-corrected chi connectivity index (χ2v) is 8.93. The molecule has 1 amide bonds. The molecule has 194 valence electrons. The van der Waals surface area contributed by atoms with Crippen molar-refractivity contribution < 1.29 is 13.9 Å². The summed E-state index contributed by atoms with van der Waals surface area (Å²) in [4.78, 5) is 37.3. The average molecular weight is 523 g/mol. The fourth-order valence-electron chi connectivity index (χ4n) is 4.32. The second kappa shape index (κ2) is 10.4. The zero-order valence-corrected chi connectivity index (χ0v) is 20.7. The van der Waals surface area contributed by atoms with E-state index in [2.05, 4.69) is 20.2 Å². The normalized spacial score (nSPS) is 13.4. The van der Waals surface area contributed by atoms with Gasteiger partial charge in [0.05, 0.1) is 24.3 Å². The monoisotopic (exact) mass is 522 g/mol. The van der Waals surface area contributed by atoms with Crippen molar-refractivity contribution in [1.82, 2.24) is 24.9 Å². The standard InChI is InChI=1S/C28H23FN8O2/c29-21-6-4-17(5-7-21)27(38)34-22-3-1-2-18(12-22)19-13-23-24(31-14-19)26(37-8-10-39-11-9-37)36-25(35-23)20-15-32-28(30)33-16-20/h1-7,12-16H,8-11H2,(H,34,38)(H2,30,32,33). The molecule has 10 nitrogen and oxygen atoms in total. The number of rotatable bonds is 5. The first kappa shape index (κ1) is 24.3. The topological polar surface area (TPSA) is 132 Å². The van der Waals surface area contributed by atoms with Crippen molar-refractivity contribution >= 4 is 34.4 Å². The molecular formula is C28H23FN8O2. The van der Waals surface area contributed by atoms with E-state index in [4.69, 9.17) is 25.4 Å². The molecule has 0 saturated carbocycles. The number of carbonyl (C=O) groups excluding carboxylic acids is 1. The van der Waals surface area contributed by atoms with Crippen LogP contribution in [0.3, 0.4) is 0 Å². The molecule has 0 atom stereocenters. The zero-order valence-electron chi connectivity index (χ0n) is 20.7. The van der Waals surface area contributed by atoms with Crippen molar-refractivity contribution in [2.45, 2.75) is 0 Å². The molecule has 0 aliphatic carbocycles. The fourth-order valence-corrected chi connectivity index (χ4v) is 4.32. The number of nitrogen functional groups attached to an aromatic ring is 1. The van der Waals surface area contributed by atoms with Gasteiger partial charge in [0.2, 0.25) is 5.95 Å². The maximum absolute atomic E-state index is 13.2. The predicted molar refractivity (Wildman–Crippen MR) is 146 cm³/mol. The van der Waals surface area contributed by atoms with Crippen LogP contribution in [0.4, 0.5) is 21.8 Å². The highest BCUT2D eigenvalue weighted by Gasteiger charge is 2.20. The molecule has 39 heavy (non-hydrogen) atoms. The third-order valence-electron chi connectivity index (χ3n) is 6.32. The number of nitrogens with two attached hydrogens (primary N) is 1. The average Bonchev–Trinajstić information content (AvgIpc) is 2.97. The number of fused-ring (bicyclic) bond motifs is 1. The number of amides is 1. The summed E-state index contributed by atoms with van der Waals surface area (Å²) in [5.41, 5.74) is 10.2. The first-order chi connectivity index (χ1) is 19.0. The van der Waals surface area contributed by atoms with Gasteiger partial charge in [-0.1, -0.05) is 12.1 Å². The number of benzene rings is 2. The maximum Gasteiger partial charge on any atom is 0.255 e. The number of carbonyl (C=O) groups is 1. The van der Waals surface area contributed by atoms with Crippen molar-refractivity contribution in [3.8, 4) is 22.5 Å². The molecule has 0 radical (unpaired) electrons. The summed E-state index contributed by atoms with van der Waals surface area (Å²) in [5, 5.41) is 2.86. The lowest BCUT2D eigenvalue weighted by Gasteiger charge is -2.28. The Morgan fingerprint density at radius 1 is 0.897 bits per heavy atom. The zero-order chi connectivity index (χ0) is 26.8. The number of nitrogens with zero attached hydrogens (tertiary/aromatic N) is 6. The summed E-state index contributed by atoms with van der Waals surface area (Å²) in [7, 11) is 0. The van der Waals surface area contributed by atoms with E-state index in [0.29, 0.717) is 65.8 Å². The highest BCUT2D eigenvalue weighted by atomic mass is 19.1. The van der Waals surface area contributed by atoms with Gasteiger partial charge in [-0.05, 0) is 48.0 Å². The predicted octanol–water partition coefficient (Wildman–Crippen LogP) is 3.96. The number of morpholine rings is 1. The number of hydrogen-bond acceptors (Lipinski definition) is 9. The van der Waals surface area contributed by atoms with Gasteiger partial charge in [-0.15, -0.1) is 0 Å². The van der Waals surface area contributed by atoms with Gasteiger partial charge in [0.25, 0.3) is 5.91 Å². The van der Waals surface area contributed by atoms with Crippen LogP contribution in [-0.4, -0.2) is 57.1 Å². The van der Waals surface area contributed by atoms with E-state index in [1.54, 1.807) is 24.7 Å². The minimum Gasteiger partial charge on any atom is -0.378 e. The first-order valence-electron chi connectivity index (χ1n) is 12.3. The van der Waals surface area contributed by atoms with Gasteiger partial charge < -0.3 is 20.7 Å². The van der Waals surface area contributed by atoms with Gasteiger partial charge in [0.15, 0.2) is 11.6 Å². The quantitative estimate of drug-likeness (QED) is 0.352. The molecule has 0 bridgehead atoms. The smallest absolute Gasteiger partial charge is 0.255 e. The molecule has 1 saturated heterocycles. The van der Waals surface area contributed by atoms with Crippen molar-refractivity contribution in [2.75, 3.05) is 42.3 Å². The van der Waals surface area contributed by atoms with Crippen molar-refractivity contribution in [2.24, 2.45) is 0 Å². The van der Waals surface area contributed by atoms with E-state index >= 15 is 0 Å². The van der Waals surface area contributed by atoms with Crippen molar-refractivity contribution in [3.63, 3.8) is 0 Å². The Balaban J connectivity index is 1.37. The van der Waals surface area contributed by atoms with E-state index in [0.717, 1.165) is 11.1 Å². The van der Waals surface area contributed by atoms with Gasteiger partial charge in [0.1, 0.15) is 11.3 Å². The first-order valence-corrected chi connectivity index (χ1v) is 12.3.